The summed E-state index contributed by atoms with van der Waals surface area (Å²) in [6.07, 6.45) is 2.05. The number of hydrogen-bond donors (Lipinski definition) is 0. The Bertz CT molecular complexity index is 450. The van der Waals surface area contributed by atoms with Gasteiger partial charge in [-0.3, -0.25) is 0 Å². The highest BCUT2D eigenvalue weighted by molar-refractivity contribution is 7.92. The van der Waals surface area contributed by atoms with Crippen molar-refractivity contribution in [2.24, 2.45) is 0 Å². The van der Waals surface area contributed by atoms with E-state index in [0.29, 0.717) is 4.21 Å². The monoisotopic (exact) mass is 232 g/mol. The molecule has 0 radical (unpaired) electrons. The fourth-order valence-electron chi connectivity index (χ4n) is 1.62. The lowest BCUT2D eigenvalue weighted by Crippen LogP contribution is -2.26. The van der Waals surface area contributed by atoms with Gasteiger partial charge in [0.2, 0.25) is 0 Å². The lowest BCUT2D eigenvalue weighted by atomic mass is 10.1. The van der Waals surface area contributed by atoms with Crippen LogP contribution in [0.3, 0.4) is 0 Å². The molecule has 0 saturated heterocycles. The lowest BCUT2D eigenvalue weighted by molar-refractivity contribution is 0.308. The molecule has 1 aliphatic heterocycles. The van der Waals surface area contributed by atoms with Crippen LogP contribution in [-0.2, 0) is 22.8 Å². The Kier molecular flexibility index (Phi) is 2.36. The highest BCUT2D eigenvalue weighted by Crippen LogP contribution is 2.28. The third kappa shape index (κ3) is 1.69. The van der Waals surface area contributed by atoms with E-state index in [9.17, 15) is 8.42 Å². The molecular weight excluding hydrogens is 220 g/mol. The van der Waals surface area contributed by atoms with Crippen molar-refractivity contribution in [1.29, 1.82) is 0 Å². The summed E-state index contributed by atoms with van der Waals surface area (Å²) >= 11 is 1.11. The molecule has 0 aliphatic carbocycles. The Hall–Kier alpha value is -0.460. The zero-order valence-corrected chi connectivity index (χ0v) is 9.78. The van der Waals surface area contributed by atoms with E-state index in [1.807, 2.05) is 7.05 Å². The van der Waals surface area contributed by atoms with Gasteiger partial charge < -0.3 is 4.90 Å². The number of rotatable bonds is 1. The first-order valence-electron chi connectivity index (χ1n) is 4.34. The minimum Gasteiger partial charge on any atom is -0.300 e. The molecule has 6 heteroatoms. The van der Waals surface area contributed by atoms with E-state index in [0.717, 1.165) is 42.3 Å². The van der Waals surface area contributed by atoms with E-state index < -0.39 is 9.84 Å². The largest absolute Gasteiger partial charge is 0.300 e. The number of likely N-dealkylation sites (N-methyl/N-ethyl adjacent to an activating group) is 1. The molecule has 0 amide bonds. The Morgan fingerprint density at radius 2 is 2.21 bits per heavy atom. The molecule has 0 N–H and O–H groups in total. The van der Waals surface area contributed by atoms with Crippen LogP contribution in [0.15, 0.2) is 4.21 Å². The van der Waals surface area contributed by atoms with Gasteiger partial charge in [0.15, 0.2) is 9.84 Å². The van der Waals surface area contributed by atoms with Crippen LogP contribution in [0.2, 0.25) is 0 Å². The third-order valence-corrected chi connectivity index (χ3v) is 5.11. The molecule has 1 aliphatic rings. The van der Waals surface area contributed by atoms with Gasteiger partial charge in [-0.05, 0) is 25.0 Å². The number of aromatic nitrogens is 1. The molecule has 0 atom stereocenters. The van der Waals surface area contributed by atoms with Crippen LogP contribution in [0.4, 0.5) is 0 Å². The minimum absolute atomic E-state index is 0.459. The van der Waals surface area contributed by atoms with Crippen LogP contribution in [0.1, 0.15) is 11.3 Å². The van der Waals surface area contributed by atoms with Gasteiger partial charge in [-0.15, -0.1) is 0 Å². The highest BCUT2D eigenvalue weighted by Gasteiger charge is 2.24. The first kappa shape index (κ1) is 10.1. The topological polar surface area (TPSA) is 50.3 Å². The average molecular weight is 232 g/mol. The Morgan fingerprint density at radius 1 is 1.50 bits per heavy atom. The van der Waals surface area contributed by atoms with Crippen LogP contribution in [0.5, 0.6) is 0 Å². The molecule has 4 nitrogen and oxygen atoms in total. The van der Waals surface area contributed by atoms with Gasteiger partial charge in [0.1, 0.15) is 4.21 Å². The predicted octanol–water partition coefficient (Wildman–Crippen LogP) is 0.535. The second kappa shape index (κ2) is 3.29. The second-order valence-corrected chi connectivity index (χ2v) is 6.64. The van der Waals surface area contributed by atoms with Crippen molar-refractivity contribution in [3.05, 3.63) is 11.3 Å². The summed E-state index contributed by atoms with van der Waals surface area (Å²) in [7, 11) is -1.06. The van der Waals surface area contributed by atoms with Gasteiger partial charge in [-0.25, -0.2) is 8.42 Å². The number of nitrogens with zero attached hydrogens (tertiary/aromatic N) is 2. The van der Waals surface area contributed by atoms with E-state index >= 15 is 0 Å². The zero-order chi connectivity index (χ0) is 10.3. The van der Waals surface area contributed by atoms with Gasteiger partial charge in [0.25, 0.3) is 0 Å². The predicted molar refractivity (Wildman–Crippen MR) is 55.3 cm³/mol. The van der Waals surface area contributed by atoms with E-state index in [4.69, 9.17) is 0 Å². The fraction of sp³-hybridized carbons (Fsp3) is 0.625. The van der Waals surface area contributed by atoms with Crippen LogP contribution in [0, 0.1) is 0 Å². The summed E-state index contributed by atoms with van der Waals surface area (Å²) < 4.78 is 27.5. The molecule has 0 bridgehead atoms. The first-order valence-corrected chi connectivity index (χ1v) is 7.01. The number of hydrogen-bond acceptors (Lipinski definition) is 5. The molecular formula is C8H12N2O2S2. The fourth-order valence-corrected chi connectivity index (χ4v) is 3.64. The molecule has 1 aromatic rings. The summed E-state index contributed by atoms with van der Waals surface area (Å²) in [6.45, 7) is 1.68. The average Bonchev–Trinajstić information content (AvgIpc) is 2.45. The third-order valence-electron chi connectivity index (χ3n) is 2.33. The van der Waals surface area contributed by atoms with Crippen molar-refractivity contribution < 1.29 is 8.42 Å². The standard InChI is InChI=1S/C8H12N2O2S2/c1-10-4-3-6-7(5-10)9-13-8(6)14(2,11)12/h3-5H2,1-2H3. The summed E-state index contributed by atoms with van der Waals surface area (Å²) in [5, 5.41) is 0. The van der Waals surface area contributed by atoms with Crippen LogP contribution in [0.25, 0.3) is 0 Å². The summed E-state index contributed by atoms with van der Waals surface area (Å²) in [4.78, 5) is 2.15. The molecule has 1 aromatic heterocycles. The van der Waals surface area contributed by atoms with Gasteiger partial charge in [0, 0.05) is 24.9 Å². The van der Waals surface area contributed by atoms with Gasteiger partial charge in [-0.1, -0.05) is 0 Å². The van der Waals surface area contributed by atoms with Crippen molar-refractivity contribution in [1.82, 2.24) is 9.27 Å². The van der Waals surface area contributed by atoms with E-state index in [2.05, 4.69) is 9.27 Å². The first-order chi connectivity index (χ1) is 6.48. The van der Waals surface area contributed by atoms with Crippen molar-refractivity contribution in [3.8, 4) is 0 Å². The number of fused-ring (bicyclic) bond motifs is 1. The minimum atomic E-state index is -3.08. The van der Waals surface area contributed by atoms with Crippen molar-refractivity contribution in [3.63, 3.8) is 0 Å². The molecule has 78 valence electrons. The molecule has 2 rings (SSSR count). The van der Waals surface area contributed by atoms with Crippen molar-refractivity contribution >= 4 is 21.4 Å². The van der Waals surface area contributed by atoms with Crippen LogP contribution < -0.4 is 0 Å². The maximum atomic E-state index is 11.4. The van der Waals surface area contributed by atoms with E-state index in [1.165, 1.54) is 6.26 Å². The van der Waals surface area contributed by atoms with Crippen molar-refractivity contribution in [2.75, 3.05) is 19.8 Å². The van der Waals surface area contributed by atoms with Gasteiger partial charge in [0.05, 0.1) is 5.69 Å². The Balaban J connectivity index is 2.49. The van der Waals surface area contributed by atoms with E-state index in [-0.39, 0.29) is 0 Å². The second-order valence-electron chi connectivity index (χ2n) is 3.66. The van der Waals surface area contributed by atoms with Crippen molar-refractivity contribution in [2.45, 2.75) is 17.2 Å². The SMILES string of the molecule is CN1CCc2c(nsc2S(C)(=O)=O)C1. The lowest BCUT2D eigenvalue weighted by Gasteiger charge is -2.21. The molecule has 0 unspecified atom stereocenters. The normalized spacial score (nSPS) is 18.1. The van der Waals surface area contributed by atoms with Gasteiger partial charge >= 0.3 is 0 Å². The summed E-state index contributed by atoms with van der Waals surface area (Å²) in [6, 6.07) is 0. The van der Waals surface area contributed by atoms with Crippen LogP contribution in [-0.4, -0.2) is 37.5 Å². The molecule has 0 fully saturated rings. The quantitative estimate of drug-likeness (QED) is 0.709. The molecule has 0 aromatic carbocycles. The molecule has 14 heavy (non-hydrogen) atoms. The Labute approximate surface area is 87.6 Å². The number of sulfone groups is 1. The maximum Gasteiger partial charge on any atom is 0.186 e. The summed E-state index contributed by atoms with van der Waals surface area (Å²) in [5.74, 6) is 0. The van der Waals surface area contributed by atoms with Crippen LogP contribution >= 0.6 is 11.5 Å². The molecule has 2 heterocycles. The molecule has 0 spiro atoms. The van der Waals surface area contributed by atoms with Gasteiger partial charge in [-0.2, -0.15) is 4.37 Å². The van der Waals surface area contributed by atoms with E-state index in [1.54, 1.807) is 0 Å². The smallest absolute Gasteiger partial charge is 0.186 e. The molecule has 0 saturated carbocycles. The summed E-state index contributed by atoms with van der Waals surface area (Å²) in [5.41, 5.74) is 1.87. The maximum absolute atomic E-state index is 11.4. The highest BCUT2D eigenvalue weighted by atomic mass is 32.2. The zero-order valence-electron chi connectivity index (χ0n) is 8.15. The Morgan fingerprint density at radius 3 is 2.86 bits per heavy atom.